The lowest BCUT2D eigenvalue weighted by atomic mass is 10.1. The minimum Gasteiger partial charge on any atom is -0.496 e. The fourth-order valence-electron chi connectivity index (χ4n) is 11.2. The summed E-state index contributed by atoms with van der Waals surface area (Å²) < 4.78 is 77.1. The highest BCUT2D eigenvalue weighted by Crippen LogP contribution is 2.30. The highest BCUT2D eigenvalue weighted by atomic mass is 79.9. The standard InChI is InChI=1S/C62H68BrClFN5O17/c1-33-13-3-4-14-34(33)28-80-45-25-68-50(55(45)85-59(74)48-53(71)43(23-66-48)79-32-38-18-8-12-22-42(38)78-2)61(76)86-56-46(81-29-35-15-5-9-19-39(35)63)26-69-52(56)62(77)87-57-47(83-31-37-17-7-11-21-41(37)65)27-70-51(57)60(75)84-54-44(24-67-49(54)58(72)73)82-30-36-16-6-10-20-40(36)64/h3-22,43-57,66-71H,23-32H2,1-2H3,(H,72,73)/t43-,44-,45-,46-,47-,48-,49-,50-,51-,52-,53+,54+,55+,56+,57+/m0/s1. The van der Waals surface area contributed by atoms with Gasteiger partial charge in [-0.05, 0) is 53.4 Å². The minimum atomic E-state index is -1.51. The summed E-state index contributed by atoms with van der Waals surface area (Å²) in [6.45, 7) is 1.62. The van der Waals surface area contributed by atoms with E-state index in [9.17, 15) is 34.2 Å². The monoisotopic (exact) mass is 1290 g/mol. The number of aliphatic carboxylic acids is 1. The summed E-state index contributed by atoms with van der Waals surface area (Å²) in [7, 11) is 1.54. The fraction of sp³-hybridized carbons (Fsp3) is 0.435. The first-order valence-corrected chi connectivity index (χ1v) is 29.7. The second-order valence-corrected chi connectivity index (χ2v) is 22.9. The first-order chi connectivity index (χ1) is 42.1. The van der Waals surface area contributed by atoms with Crippen LogP contribution in [0.2, 0.25) is 5.02 Å². The molecule has 0 saturated carbocycles. The maximum absolute atomic E-state index is 15.0. The summed E-state index contributed by atoms with van der Waals surface area (Å²) in [6, 6.07) is 27.9. The Kier molecular flexibility index (Phi) is 21.7. The number of aliphatic hydroxyl groups excluding tert-OH is 1. The van der Waals surface area contributed by atoms with Gasteiger partial charge in [0, 0.05) is 53.3 Å². The van der Waals surface area contributed by atoms with Gasteiger partial charge >= 0.3 is 29.8 Å². The van der Waals surface area contributed by atoms with Crippen molar-refractivity contribution in [2.45, 2.75) is 131 Å². The highest BCUT2D eigenvalue weighted by molar-refractivity contribution is 9.10. The molecule has 25 heteroatoms. The molecule has 15 atom stereocenters. The van der Waals surface area contributed by atoms with E-state index in [2.05, 4.69) is 42.5 Å². The van der Waals surface area contributed by atoms with Crippen LogP contribution in [0.4, 0.5) is 4.39 Å². The van der Waals surface area contributed by atoms with Crippen molar-refractivity contribution in [2.24, 2.45) is 0 Å². The van der Waals surface area contributed by atoms with Crippen LogP contribution in [0, 0.1) is 12.7 Å². The maximum Gasteiger partial charge on any atom is 0.327 e. The summed E-state index contributed by atoms with van der Waals surface area (Å²) in [5.41, 5.74) is 4.02. The lowest BCUT2D eigenvalue weighted by Crippen LogP contribution is -2.53. The normalized spacial score (nSPS) is 28.5. The number of carbonyl (C=O) groups excluding carboxylic acids is 4. The Bertz CT molecular complexity index is 3230. The number of carboxylic acid groups (broad SMARTS) is 1. The van der Waals surface area contributed by atoms with Gasteiger partial charge in [0.15, 0.2) is 24.4 Å². The van der Waals surface area contributed by atoms with Crippen LogP contribution < -0.4 is 31.3 Å². The van der Waals surface area contributed by atoms with Crippen LogP contribution in [0.3, 0.4) is 0 Å². The zero-order valence-electron chi connectivity index (χ0n) is 47.4. The van der Waals surface area contributed by atoms with Gasteiger partial charge in [0.05, 0.1) is 46.2 Å². The van der Waals surface area contributed by atoms with E-state index in [4.69, 9.17) is 59.0 Å². The van der Waals surface area contributed by atoms with Crippen LogP contribution in [0.15, 0.2) is 126 Å². The van der Waals surface area contributed by atoms with Crippen molar-refractivity contribution in [3.05, 3.63) is 170 Å². The molecular weight excluding hydrogens is 1220 g/mol. The van der Waals surface area contributed by atoms with Crippen LogP contribution in [-0.4, -0.2) is 171 Å². The molecule has 0 aliphatic carbocycles. The molecule has 10 rings (SSSR count). The van der Waals surface area contributed by atoms with E-state index in [1.807, 2.05) is 73.7 Å². The second kappa shape index (κ2) is 29.7. The zero-order valence-corrected chi connectivity index (χ0v) is 49.8. The Morgan fingerprint density at radius 3 is 1.37 bits per heavy atom. The Morgan fingerprint density at radius 2 is 0.851 bits per heavy atom. The number of benzene rings is 5. The van der Waals surface area contributed by atoms with E-state index in [-0.39, 0.29) is 71.3 Å². The SMILES string of the molecule is COc1ccccc1CO[C@H]1CN[C@H](C(=O)O[C@@H]2[C@@H](OCc3ccccc3C)CN[C@@H]2C(=O)O[C@@H]2[C@@H](OCc3ccccc3Br)CN[C@@H]2C(=O)O[C@@H]2[C@@H](OCc3ccccc3F)CN[C@@H]2C(=O)O[C@@H]2[C@@H](OCc3ccccc3Cl)CN[C@@H]2C(=O)O)[C@@H]1O. The Morgan fingerprint density at radius 1 is 0.483 bits per heavy atom. The number of hydrogen-bond donors (Lipinski definition) is 7. The molecule has 22 nitrogen and oxygen atoms in total. The number of halogens is 3. The molecule has 5 aromatic rings. The quantitative estimate of drug-likeness (QED) is 0.0324. The number of para-hydroxylation sites is 1. The van der Waals surface area contributed by atoms with Crippen molar-refractivity contribution >= 4 is 57.4 Å². The summed E-state index contributed by atoms with van der Waals surface area (Å²) in [5.74, 6) is -5.20. The lowest BCUT2D eigenvalue weighted by molar-refractivity contribution is -0.176. The molecule has 87 heavy (non-hydrogen) atoms. The van der Waals surface area contributed by atoms with Gasteiger partial charge in [0.1, 0.15) is 72.3 Å². The molecule has 0 aromatic heterocycles. The van der Waals surface area contributed by atoms with Gasteiger partial charge in [0.2, 0.25) is 0 Å². The summed E-state index contributed by atoms with van der Waals surface area (Å²) in [6.07, 6.45) is -11.9. The highest BCUT2D eigenvalue weighted by Gasteiger charge is 2.54. The molecule has 5 heterocycles. The fourth-order valence-corrected chi connectivity index (χ4v) is 11.8. The molecule has 0 unspecified atom stereocenters. The minimum absolute atomic E-state index is 0.00402. The first kappa shape index (κ1) is 63.5. The number of rotatable bonds is 25. The number of methoxy groups -OCH3 is 1. The maximum atomic E-state index is 15.0. The molecule has 0 bridgehead atoms. The molecule has 5 saturated heterocycles. The van der Waals surface area contributed by atoms with Crippen molar-refractivity contribution in [3.63, 3.8) is 0 Å². The third kappa shape index (κ3) is 15.3. The van der Waals surface area contributed by atoms with Crippen LogP contribution in [0.5, 0.6) is 5.75 Å². The Balaban J connectivity index is 0.889. The lowest BCUT2D eigenvalue weighted by Gasteiger charge is -2.30. The van der Waals surface area contributed by atoms with Gasteiger partial charge in [-0.2, -0.15) is 0 Å². The first-order valence-electron chi connectivity index (χ1n) is 28.5. The van der Waals surface area contributed by atoms with Gasteiger partial charge in [0.25, 0.3) is 0 Å². The number of ether oxygens (including phenoxy) is 10. The molecule has 7 N–H and O–H groups in total. The van der Waals surface area contributed by atoms with Gasteiger partial charge in [-0.1, -0.05) is 125 Å². The van der Waals surface area contributed by atoms with E-state index in [1.54, 1.807) is 36.4 Å². The van der Waals surface area contributed by atoms with Crippen LogP contribution in [-0.2, 0) is 99.6 Å². The zero-order chi connectivity index (χ0) is 61.1. The average Bonchev–Trinajstić information content (AvgIpc) is 4.06. The molecule has 0 radical (unpaired) electrons. The number of carboxylic acids is 1. The molecule has 0 spiro atoms. The van der Waals surface area contributed by atoms with E-state index in [1.165, 1.54) is 25.3 Å². The smallest absolute Gasteiger partial charge is 0.327 e. The van der Waals surface area contributed by atoms with Crippen molar-refractivity contribution in [1.29, 1.82) is 0 Å². The Hall–Kier alpha value is -6.49. The van der Waals surface area contributed by atoms with Crippen LogP contribution in [0.1, 0.15) is 33.4 Å². The number of aliphatic hydroxyl groups is 1. The third-order valence-electron chi connectivity index (χ3n) is 16.1. The number of carbonyl (C=O) groups is 5. The molecular formula is C62H68BrClFN5O17. The summed E-state index contributed by atoms with van der Waals surface area (Å²) >= 11 is 9.94. The number of hydrogen-bond acceptors (Lipinski definition) is 21. The van der Waals surface area contributed by atoms with E-state index in [0.717, 1.165) is 26.7 Å². The number of esters is 4. The van der Waals surface area contributed by atoms with Crippen molar-refractivity contribution < 1.29 is 85.9 Å². The second-order valence-electron chi connectivity index (χ2n) is 21.6. The van der Waals surface area contributed by atoms with Gasteiger partial charge in [-0.15, -0.1) is 0 Å². The summed E-state index contributed by atoms with van der Waals surface area (Å²) in [5, 5.41) is 37.2. The van der Waals surface area contributed by atoms with Crippen molar-refractivity contribution in [1.82, 2.24) is 26.6 Å². The van der Waals surface area contributed by atoms with Gasteiger partial charge in [-0.25, -0.2) is 4.39 Å². The predicted octanol–water partition coefficient (Wildman–Crippen LogP) is 3.74. The van der Waals surface area contributed by atoms with Gasteiger partial charge < -0.3 is 57.6 Å². The van der Waals surface area contributed by atoms with E-state index in [0.29, 0.717) is 16.3 Å². The molecule has 5 aliphatic rings. The molecule has 5 aliphatic heterocycles. The van der Waals surface area contributed by atoms with E-state index < -0.39 is 127 Å². The Labute approximate surface area is 514 Å². The van der Waals surface area contributed by atoms with E-state index >= 15 is 4.39 Å². The number of aryl methyl sites for hydroxylation is 1. The van der Waals surface area contributed by atoms with Crippen molar-refractivity contribution in [3.8, 4) is 5.75 Å². The van der Waals surface area contributed by atoms with Crippen LogP contribution in [0.25, 0.3) is 0 Å². The molecule has 5 aromatic carbocycles. The number of nitrogens with one attached hydrogen (secondary N) is 5. The van der Waals surface area contributed by atoms with Crippen LogP contribution >= 0.6 is 27.5 Å². The molecule has 0 amide bonds. The largest absolute Gasteiger partial charge is 0.496 e. The predicted molar refractivity (Wildman–Crippen MR) is 311 cm³/mol. The molecule has 5 fully saturated rings. The average molecular weight is 1290 g/mol. The third-order valence-corrected chi connectivity index (χ3v) is 17.2. The molecule has 464 valence electrons. The van der Waals surface area contributed by atoms with Crippen molar-refractivity contribution in [2.75, 3.05) is 39.8 Å². The topological polar surface area (TPSA) is 278 Å². The summed E-state index contributed by atoms with van der Waals surface area (Å²) in [4.78, 5) is 71.3. The van der Waals surface area contributed by atoms with Gasteiger partial charge in [-0.3, -0.25) is 50.6 Å².